The van der Waals surface area contributed by atoms with Crippen molar-refractivity contribution in [3.63, 3.8) is 0 Å². The topological polar surface area (TPSA) is 86.7 Å². The Morgan fingerprint density at radius 3 is 2.25 bits per heavy atom. The highest BCUT2D eigenvalue weighted by molar-refractivity contribution is 5.82. The number of carboxylic acids is 1. The van der Waals surface area contributed by atoms with Gasteiger partial charge in [-0.3, -0.25) is 14.4 Å². The average Bonchev–Trinajstić information content (AvgIpc) is 3.28. The largest absolute Gasteiger partial charge is 0.481 e. The predicted octanol–water partition coefficient (Wildman–Crippen LogP) is 0.472. The SMILES string of the molecule is CC(CNC(=O)C1CCN(C(=O)C2CC2)CC1)C(=O)O. The number of amides is 2. The van der Waals surface area contributed by atoms with Gasteiger partial charge in [0.1, 0.15) is 0 Å². The fraction of sp³-hybridized carbons (Fsp3) is 0.786. The molecule has 2 amide bonds. The number of nitrogens with zero attached hydrogens (tertiary/aromatic N) is 1. The van der Waals surface area contributed by atoms with E-state index in [4.69, 9.17) is 5.11 Å². The van der Waals surface area contributed by atoms with Crippen molar-refractivity contribution in [2.45, 2.75) is 32.6 Å². The minimum atomic E-state index is -0.907. The van der Waals surface area contributed by atoms with Crippen LogP contribution in [-0.2, 0) is 14.4 Å². The Morgan fingerprint density at radius 1 is 1.15 bits per heavy atom. The first-order valence-corrected chi connectivity index (χ1v) is 7.28. The summed E-state index contributed by atoms with van der Waals surface area (Å²) in [7, 11) is 0. The molecular weight excluding hydrogens is 260 g/mol. The molecule has 2 aliphatic rings. The average molecular weight is 282 g/mol. The van der Waals surface area contributed by atoms with E-state index < -0.39 is 11.9 Å². The maximum Gasteiger partial charge on any atom is 0.308 e. The van der Waals surface area contributed by atoms with E-state index in [2.05, 4.69) is 5.32 Å². The number of carbonyl (C=O) groups is 3. The lowest BCUT2D eigenvalue weighted by Gasteiger charge is -2.31. The van der Waals surface area contributed by atoms with Gasteiger partial charge in [-0.25, -0.2) is 0 Å². The van der Waals surface area contributed by atoms with E-state index in [1.807, 2.05) is 4.90 Å². The van der Waals surface area contributed by atoms with E-state index in [0.717, 1.165) is 12.8 Å². The highest BCUT2D eigenvalue weighted by atomic mass is 16.4. The molecule has 2 N–H and O–H groups in total. The van der Waals surface area contributed by atoms with Crippen molar-refractivity contribution >= 4 is 17.8 Å². The zero-order chi connectivity index (χ0) is 14.7. The maximum absolute atomic E-state index is 11.9. The molecule has 0 bridgehead atoms. The van der Waals surface area contributed by atoms with Crippen LogP contribution in [-0.4, -0.2) is 47.4 Å². The van der Waals surface area contributed by atoms with Gasteiger partial charge in [-0.1, -0.05) is 6.92 Å². The van der Waals surface area contributed by atoms with Gasteiger partial charge in [0.15, 0.2) is 0 Å². The Labute approximate surface area is 118 Å². The molecule has 1 saturated carbocycles. The first-order valence-electron chi connectivity index (χ1n) is 7.28. The molecule has 1 saturated heterocycles. The molecule has 0 aromatic rings. The van der Waals surface area contributed by atoms with Crippen LogP contribution in [0, 0.1) is 17.8 Å². The fourth-order valence-electron chi connectivity index (χ4n) is 2.44. The molecule has 6 heteroatoms. The van der Waals surface area contributed by atoms with Crippen LogP contribution in [0.15, 0.2) is 0 Å². The molecule has 2 fully saturated rings. The lowest BCUT2D eigenvalue weighted by molar-refractivity contribution is -0.141. The van der Waals surface area contributed by atoms with Gasteiger partial charge >= 0.3 is 5.97 Å². The third-order valence-electron chi connectivity index (χ3n) is 4.11. The quantitative estimate of drug-likeness (QED) is 0.767. The lowest BCUT2D eigenvalue weighted by atomic mass is 9.95. The van der Waals surface area contributed by atoms with Crippen LogP contribution in [0.1, 0.15) is 32.6 Å². The van der Waals surface area contributed by atoms with Gasteiger partial charge in [-0.15, -0.1) is 0 Å². The van der Waals surface area contributed by atoms with Gasteiger partial charge in [-0.2, -0.15) is 0 Å². The summed E-state index contributed by atoms with van der Waals surface area (Å²) in [5.41, 5.74) is 0. The van der Waals surface area contributed by atoms with Gasteiger partial charge < -0.3 is 15.3 Å². The Balaban J connectivity index is 1.71. The lowest BCUT2D eigenvalue weighted by Crippen LogP contribution is -2.44. The van der Waals surface area contributed by atoms with E-state index >= 15 is 0 Å². The second-order valence-electron chi connectivity index (χ2n) is 5.86. The summed E-state index contributed by atoms with van der Waals surface area (Å²) in [6, 6.07) is 0. The second-order valence-corrected chi connectivity index (χ2v) is 5.86. The fourth-order valence-corrected chi connectivity index (χ4v) is 2.44. The van der Waals surface area contributed by atoms with Crippen LogP contribution in [0.4, 0.5) is 0 Å². The van der Waals surface area contributed by atoms with Gasteiger partial charge in [0, 0.05) is 31.5 Å². The molecule has 112 valence electrons. The Morgan fingerprint density at radius 2 is 1.75 bits per heavy atom. The van der Waals surface area contributed by atoms with Crippen LogP contribution in [0.5, 0.6) is 0 Å². The molecule has 2 rings (SSSR count). The Hall–Kier alpha value is -1.59. The van der Waals surface area contributed by atoms with E-state index in [1.54, 1.807) is 6.92 Å². The predicted molar refractivity (Wildman–Crippen MR) is 71.8 cm³/mol. The molecule has 0 radical (unpaired) electrons. The normalized spacial score (nSPS) is 21.4. The summed E-state index contributed by atoms with van der Waals surface area (Å²) in [6.45, 7) is 3.01. The zero-order valence-electron chi connectivity index (χ0n) is 11.8. The van der Waals surface area contributed by atoms with E-state index in [1.165, 1.54) is 0 Å². The summed E-state index contributed by atoms with van der Waals surface area (Å²) in [5.74, 6) is -1.19. The summed E-state index contributed by atoms with van der Waals surface area (Å²) in [4.78, 5) is 36.4. The maximum atomic E-state index is 11.9. The number of carboxylic acid groups (broad SMARTS) is 1. The van der Waals surface area contributed by atoms with Gasteiger partial charge in [-0.05, 0) is 25.7 Å². The number of carbonyl (C=O) groups excluding carboxylic acids is 2. The third kappa shape index (κ3) is 3.71. The van der Waals surface area contributed by atoms with Gasteiger partial charge in [0.2, 0.25) is 11.8 Å². The summed E-state index contributed by atoms with van der Waals surface area (Å²) < 4.78 is 0. The molecule has 1 aliphatic carbocycles. The third-order valence-corrected chi connectivity index (χ3v) is 4.11. The molecule has 1 atom stereocenters. The number of rotatable bonds is 5. The van der Waals surface area contributed by atoms with Gasteiger partial charge in [0.05, 0.1) is 5.92 Å². The molecule has 1 unspecified atom stereocenters. The Bertz CT molecular complexity index is 398. The highest BCUT2D eigenvalue weighted by Gasteiger charge is 2.35. The van der Waals surface area contributed by atoms with Crippen LogP contribution >= 0.6 is 0 Å². The van der Waals surface area contributed by atoms with Gasteiger partial charge in [0.25, 0.3) is 0 Å². The first-order chi connectivity index (χ1) is 9.49. The molecule has 6 nitrogen and oxygen atoms in total. The number of hydrogen-bond donors (Lipinski definition) is 2. The monoisotopic (exact) mass is 282 g/mol. The molecule has 20 heavy (non-hydrogen) atoms. The Kier molecular flexibility index (Phi) is 4.62. The highest BCUT2D eigenvalue weighted by Crippen LogP contribution is 2.32. The first kappa shape index (κ1) is 14.8. The number of nitrogens with one attached hydrogen (secondary N) is 1. The van der Waals surface area contributed by atoms with Crippen molar-refractivity contribution in [2.24, 2.45) is 17.8 Å². The minimum absolute atomic E-state index is 0.0865. The van der Waals surface area contributed by atoms with E-state index in [9.17, 15) is 14.4 Å². The smallest absolute Gasteiger partial charge is 0.308 e. The van der Waals surface area contributed by atoms with Crippen LogP contribution in [0.3, 0.4) is 0 Å². The molecule has 0 aromatic carbocycles. The number of hydrogen-bond acceptors (Lipinski definition) is 3. The van der Waals surface area contributed by atoms with E-state index in [-0.39, 0.29) is 30.2 Å². The van der Waals surface area contributed by atoms with Crippen molar-refractivity contribution in [1.29, 1.82) is 0 Å². The molecule has 0 aromatic heterocycles. The standard InChI is InChI=1S/C14H22N2O4/c1-9(14(19)20)8-15-12(17)10-4-6-16(7-5-10)13(18)11-2-3-11/h9-11H,2-8H2,1H3,(H,15,17)(H,19,20). The number of piperidine rings is 1. The van der Waals surface area contributed by atoms with Crippen molar-refractivity contribution in [1.82, 2.24) is 10.2 Å². The van der Waals surface area contributed by atoms with Crippen molar-refractivity contribution in [3.8, 4) is 0 Å². The van der Waals surface area contributed by atoms with Crippen molar-refractivity contribution in [3.05, 3.63) is 0 Å². The number of aliphatic carboxylic acids is 1. The van der Waals surface area contributed by atoms with Crippen molar-refractivity contribution in [2.75, 3.05) is 19.6 Å². The summed E-state index contributed by atoms with van der Waals surface area (Å²) >= 11 is 0. The minimum Gasteiger partial charge on any atom is -0.481 e. The molecule has 0 spiro atoms. The molecule has 1 aliphatic heterocycles. The van der Waals surface area contributed by atoms with Crippen LogP contribution in [0.25, 0.3) is 0 Å². The number of likely N-dealkylation sites (tertiary alicyclic amines) is 1. The summed E-state index contributed by atoms with van der Waals surface area (Å²) in [5, 5.41) is 11.5. The van der Waals surface area contributed by atoms with Crippen LogP contribution in [0.2, 0.25) is 0 Å². The molecule has 1 heterocycles. The second kappa shape index (κ2) is 6.24. The summed E-state index contributed by atoms with van der Waals surface area (Å²) in [6.07, 6.45) is 3.36. The van der Waals surface area contributed by atoms with Crippen molar-refractivity contribution < 1.29 is 19.5 Å². The zero-order valence-corrected chi connectivity index (χ0v) is 11.8. The molecular formula is C14H22N2O4. The van der Waals surface area contributed by atoms with Crippen LogP contribution < -0.4 is 5.32 Å². The van der Waals surface area contributed by atoms with E-state index in [0.29, 0.717) is 25.9 Å².